The number of amides is 2. The molecular weight excluding hydrogens is 423 g/mol. The van der Waals surface area contributed by atoms with E-state index < -0.39 is 0 Å². The van der Waals surface area contributed by atoms with E-state index in [9.17, 15) is 14.0 Å². The number of nitrogens with zero attached hydrogens (tertiary/aromatic N) is 3. The second kappa shape index (κ2) is 10.1. The van der Waals surface area contributed by atoms with E-state index in [2.05, 4.69) is 5.10 Å². The summed E-state index contributed by atoms with van der Waals surface area (Å²) in [6.45, 7) is 4.03. The highest BCUT2D eigenvalue weighted by Crippen LogP contribution is 2.34. The molecule has 2 heterocycles. The number of carbonyl (C=O) groups excluding carboxylic acids is 2. The Labute approximate surface area is 193 Å². The third-order valence-corrected chi connectivity index (χ3v) is 6.27. The molecule has 8 heteroatoms. The van der Waals surface area contributed by atoms with Gasteiger partial charge in [0.1, 0.15) is 11.6 Å². The molecule has 0 spiro atoms. The zero-order chi connectivity index (χ0) is 23.4. The molecule has 0 saturated carbocycles. The van der Waals surface area contributed by atoms with Crippen LogP contribution in [-0.2, 0) is 9.59 Å². The SMILES string of the molecule is CCOc1ccc([C@H]2CC(c3ccc(F)cc3)=NN2C(=O)CN2CCC(C(N)=O)CC2)cc1. The summed E-state index contributed by atoms with van der Waals surface area (Å²) >= 11 is 0. The lowest BCUT2D eigenvalue weighted by molar-refractivity contribution is -0.134. The van der Waals surface area contributed by atoms with Gasteiger partial charge in [0.25, 0.3) is 5.91 Å². The van der Waals surface area contributed by atoms with Gasteiger partial charge in [-0.1, -0.05) is 24.3 Å². The monoisotopic (exact) mass is 452 g/mol. The van der Waals surface area contributed by atoms with Gasteiger partial charge in [0.05, 0.1) is 24.9 Å². The quantitative estimate of drug-likeness (QED) is 0.699. The number of primary amides is 1. The van der Waals surface area contributed by atoms with Crippen molar-refractivity contribution < 1.29 is 18.7 Å². The maximum Gasteiger partial charge on any atom is 0.257 e. The summed E-state index contributed by atoms with van der Waals surface area (Å²) in [7, 11) is 0. The summed E-state index contributed by atoms with van der Waals surface area (Å²) < 4.78 is 18.9. The van der Waals surface area contributed by atoms with Crippen molar-refractivity contribution in [1.82, 2.24) is 9.91 Å². The first-order valence-corrected chi connectivity index (χ1v) is 11.3. The van der Waals surface area contributed by atoms with Gasteiger partial charge in [-0.3, -0.25) is 14.5 Å². The van der Waals surface area contributed by atoms with E-state index in [-0.39, 0.29) is 36.1 Å². The van der Waals surface area contributed by atoms with Crippen molar-refractivity contribution in [3.8, 4) is 5.75 Å². The lowest BCUT2D eigenvalue weighted by Gasteiger charge is -2.31. The van der Waals surface area contributed by atoms with Gasteiger partial charge >= 0.3 is 0 Å². The molecule has 2 aromatic rings. The van der Waals surface area contributed by atoms with Crippen molar-refractivity contribution in [3.05, 3.63) is 65.5 Å². The molecule has 2 amide bonds. The van der Waals surface area contributed by atoms with Gasteiger partial charge in [0.15, 0.2) is 0 Å². The average Bonchev–Trinajstić information content (AvgIpc) is 3.26. The molecule has 1 fully saturated rings. The molecule has 7 nitrogen and oxygen atoms in total. The van der Waals surface area contributed by atoms with Crippen molar-refractivity contribution in [2.24, 2.45) is 16.8 Å². The normalized spacial score (nSPS) is 19.4. The molecule has 2 aliphatic heterocycles. The average molecular weight is 453 g/mol. The van der Waals surface area contributed by atoms with Gasteiger partial charge < -0.3 is 10.5 Å². The van der Waals surface area contributed by atoms with Crippen molar-refractivity contribution in [2.75, 3.05) is 26.2 Å². The van der Waals surface area contributed by atoms with E-state index in [1.54, 1.807) is 17.1 Å². The van der Waals surface area contributed by atoms with E-state index in [0.29, 0.717) is 39.0 Å². The molecule has 1 atom stereocenters. The van der Waals surface area contributed by atoms with E-state index in [0.717, 1.165) is 22.6 Å². The molecule has 33 heavy (non-hydrogen) atoms. The molecule has 0 bridgehead atoms. The smallest absolute Gasteiger partial charge is 0.257 e. The number of hydrogen-bond donors (Lipinski definition) is 1. The fourth-order valence-electron chi connectivity index (χ4n) is 4.41. The van der Waals surface area contributed by atoms with Crippen LogP contribution in [0.15, 0.2) is 53.6 Å². The maximum atomic E-state index is 13.4. The fourth-order valence-corrected chi connectivity index (χ4v) is 4.41. The summed E-state index contributed by atoms with van der Waals surface area (Å²) in [5.74, 6) is -0.0437. The van der Waals surface area contributed by atoms with Gasteiger partial charge in [-0.05, 0) is 68.2 Å². The van der Waals surface area contributed by atoms with E-state index in [4.69, 9.17) is 10.5 Å². The summed E-state index contributed by atoms with van der Waals surface area (Å²) in [5.41, 5.74) is 7.92. The second-order valence-electron chi connectivity index (χ2n) is 8.47. The fraction of sp³-hybridized carbons (Fsp3) is 0.400. The number of piperidine rings is 1. The molecular formula is C25H29FN4O3. The maximum absolute atomic E-state index is 13.4. The first-order valence-electron chi connectivity index (χ1n) is 11.3. The van der Waals surface area contributed by atoms with Gasteiger partial charge in [-0.25, -0.2) is 9.40 Å². The van der Waals surface area contributed by atoms with Gasteiger partial charge in [-0.2, -0.15) is 5.10 Å². The van der Waals surface area contributed by atoms with Crippen LogP contribution in [0.2, 0.25) is 0 Å². The first-order chi connectivity index (χ1) is 15.9. The number of benzene rings is 2. The number of likely N-dealkylation sites (tertiary alicyclic amines) is 1. The van der Waals surface area contributed by atoms with Crippen LogP contribution in [-0.4, -0.2) is 53.7 Å². The number of halogens is 1. The molecule has 0 aromatic heterocycles. The largest absolute Gasteiger partial charge is 0.494 e. The Hall–Kier alpha value is -3.26. The molecule has 2 aromatic carbocycles. The predicted octanol–water partition coefficient (Wildman–Crippen LogP) is 3.10. The molecule has 2 aliphatic rings. The van der Waals surface area contributed by atoms with Crippen LogP contribution in [0.3, 0.4) is 0 Å². The van der Waals surface area contributed by atoms with Crippen LogP contribution >= 0.6 is 0 Å². The summed E-state index contributed by atoms with van der Waals surface area (Å²) in [6.07, 6.45) is 1.86. The Bertz CT molecular complexity index is 1010. The minimum absolute atomic E-state index is 0.108. The van der Waals surface area contributed by atoms with Crippen LogP contribution < -0.4 is 10.5 Å². The van der Waals surface area contributed by atoms with Crippen LogP contribution in [0.1, 0.15) is 43.4 Å². The highest BCUT2D eigenvalue weighted by molar-refractivity contribution is 6.03. The topological polar surface area (TPSA) is 88.2 Å². The number of nitrogens with two attached hydrogens (primary N) is 1. The van der Waals surface area contributed by atoms with Crippen LogP contribution in [0.25, 0.3) is 0 Å². The minimum atomic E-state index is -0.312. The predicted molar refractivity (Wildman–Crippen MR) is 123 cm³/mol. The highest BCUT2D eigenvalue weighted by atomic mass is 19.1. The number of hydrazone groups is 1. The first kappa shape index (κ1) is 22.9. The van der Waals surface area contributed by atoms with Crippen LogP contribution in [0, 0.1) is 11.7 Å². The summed E-state index contributed by atoms with van der Waals surface area (Å²) in [4.78, 5) is 26.8. The number of carbonyl (C=O) groups is 2. The molecule has 0 unspecified atom stereocenters. The lowest BCUT2D eigenvalue weighted by atomic mass is 9.96. The lowest BCUT2D eigenvalue weighted by Crippen LogP contribution is -2.43. The van der Waals surface area contributed by atoms with Crippen molar-refractivity contribution in [1.29, 1.82) is 0 Å². The van der Waals surface area contributed by atoms with Crippen molar-refractivity contribution in [2.45, 2.75) is 32.2 Å². The van der Waals surface area contributed by atoms with Gasteiger partial charge in [0, 0.05) is 12.3 Å². The number of hydrogen-bond acceptors (Lipinski definition) is 5. The van der Waals surface area contributed by atoms with Crippen LogP contribution in [0.5, 0.6) is 5.75 Å². The van der Waals surface area contributed by atoms with Crippen molar-refractivity contribution >= 4 is 17.5 Å². The Morgan fingerprint density at radius 3 is 2.36 bits per heavy atom. The molecule has 4 rings (SSSR count). The van der Waals surface area contributed by atoms with Crippen LogP contribution in [0.4, 0.5) is 4.39 Å². The van der Waals surface area contributed by atoms with E-state index in [1.165, 1.54) is 12.1 Å². The minimum Gasteiger partial charge on any atom is -0.494 e. The third kappa shape index (κ3) is 5.39. The zero-order valence-corrected chi connectivity index (χ0v) is 18.7. The second-order valence-corrected chi connectivity index (χ2v) is 8.47. The van der Waals surface area contributed by atoms with E-state index in [1.807, 2.05) is 36.1 Å². The molecule has 174 valence electrons. The molecule has 0 aliphatic carbocycles. The Balaban J connectivity index is 1.53. The number of rotatable bonds is 7. The van der Waals surface area contributed by atoms with E-state index >= 15 is 0 Å². The standard InChI is InChI=1S/C25H29FN4O3/c1-2-33-21-9-5-18(6-10-21)23-15-22(17-3-7-20(26)8-4-17)28-30(23)24(31)16-29-13-11-19(12-14-29)25(27)32/h3-10,19,23H,2,11-16H2,1H3,(H2,27,32)/t23-/m1/s1. The van der Waals surface area contributed by atoms with Gasteiger partial charge in [-0.15, -0.1) is 0 Å². The number of ether oxygens (including phenoxy) is 1. The Morgan fingerprint density at radius 2 is 1.76 bits per heavy atom. The Morgan fingerprint density at radius 1 is 1.09 bits per heavy atom. The zero-order valence-electron chi connectivity index (χ0n) is 18.7. The highest BCUT2D eigenvalue weighted by Gasteiger charge is 2.34. The molecule has 2 N–H and O–H groups in total. The van der Waals surface area contributed by atoms with Gasteiger partial charge in [0.2, 0.25) is 5.91 Å². The Kier molecular flexibility index (Phi) is 7.03. The third-order valence-electron chi connectivity index (χ3n) is 6.27. The van der Waals surface area contributed by atoms with Crippen molar-refractivity contribution in [3.63, 3.8) is 0 Å². The summed E-state index contributed by atoms with van der Waals surface area (Å²) in [6, 6.07) is 13.6. The summed E-state index contributed by atoms with van der Waals surface area (Å²) in [5, 5.41) is 6.21. The molecule has 1 saturated heterocycles. The molecule has 0 radical (unpaired) electrons.